The summed E-state index contributed by atoms with van der Waals surface area (Å²) >= 11 is 0. The third-order valence-electron chi connectivity index (χ3n) is 2.86. The molecule has 0 spiro atoms. The van der Waals surface area contributed by atoms with Crippen LogP contribution in [0.2, 0.25) is 0 Å². The maximum absolute atomic E-state index is 12.0. The van der Waals surface area contributed by atoms with Crippen molar-refractivity contribution in [2.75, 3.05) is 26.2 Å². The van der Waals surface area contributed by atoms with Crippen LogP contribution in [-0.2, 0) is 15.0 Å². The average Bonchev–Trinajstić information content (AvgIpc) is 2.68. The second-order valence-corrected chi connectivity index (χ2v) is 5.70. The molecule has 1 aliphatic heterocycles. The Hall–Kier alpha value is -0.660. The molecule has 1 N–H and O–H groups in total. The number of carbonyl (C=O) groups is 1. The van der Waals surface area contributed by atoms with Gasteiger partial charge in [0.25, 0.3) is 10.2 Å². The second kappa shape index (κ2) is 5.11. The fourth-order valence-corrected chi connectivity index (χ4v) is 3.54. The van der Waals surface area contributed by atoms with Gasteiger partial charge in [0.2, 0.25) is 0 Å². The fraction of sp³-hybridized carbons (Fsp3) is 0.889. The largest absolute Gasteiger partial charge is 0.481 e. The Bertz CT molecular complexity index is 351. The van der Waals surface area contributed by atoms with Gasteiger partial charge in [0.05, 0.1) is 5.92 Å². The zero-order chi connectivity index (χ0) is 12.3. The van der Waals surface area contributed by atoms with Crippen LogP contribution in [0.25, 0.3) is 0 Å². The number of carboxylic acids is 1. The third kappa shape index (κ3) is 2.53. The Kier molecular flexibility index (Phi) is 4.28. The molecule has 1 saturated heterocycles. The van der Waals surface area contributed by atoms with Crippen molar-refractivity contribution in [3.8, 4) is 0 Å². The lowest BCUT2D eigenvalue weighted by atomic mass is 10.1. The maximum atomic E-state index is 12.0. The number of hydrogen-bond acceptors (Lipinski definition) is 3. The first-order valence-corrected chi connectivity index (χ1v) is 6.81. The molecule has 1 rings (SSSR count). The number of aliphatic carboxylic acids is 1. The second-order valence-electron chi connectivity index (χ2n) is 3.77. The van der Waals surface area contributed by atoms with Crippen molar-refractivity contribution in [1.82, 2.24) is 8.61 Å². The molecule has 6 nitrogen and oxygen atoms in total. The average molecular weight is 250 g/mol. The highest BCUT2D eigenvalue weighted by atomic mass is 32.2. The van der Waals surface area contributed by atoms with E-state index in [1.165, 1.54) is 8.61 Å². The standard InChI is InChI=1S/C9H18N2O4S/c1-3-10(4-2)16(14,15)11-6-5-8(7-11)9(12)13/h8H,3-7H2,1-2H3,(H,12,13). The van der Waals surface area contributed by atoms with Crippen molar-refractivity contribution in [1.29, 1.82) is 0 Å². The van der Waals surface area contributed by atoms with E-state index in [9.17, 15) is 13.2 Å². The summed E-state index contributed by atoms with van der Waals surface area (Å²) in [6.07, 6.45) is 0.399. The SMILES string of the molecule is CCN(CC)S(=O)(=O)N1CCC(C(=O)O)C1. The molecule has 1 heterocycles. The first kappa shape index (κ1) is 13.4. The van der Waals surface area contributed by atoms with Crippen LogP contribution in [-0.4, -0.2) is 54.3 Å². The first-order chi connectivity index (χ1) is 7.43. The van der Waals surface area contributed by atoms with Crippen molar-refractivity contribution >= 4 is 16.2 Å². The van der Waals surface area contributed by atoms with E-state index in [-0.39, 0.29) is 6.54 Å². The van der Waals surface area contributed by atoms with E-state index in [4.69, 9.17) is 5.11 Å². The molecule has 0 aromatic carbocycles. The molecule has 1 unspecified atom stereocenters. The molecule has 1 fully saturated rings. The van der Waals surface area contributed by atoms with E-state index in [0.29, 0.717) is 26.1 Å². The third-order valence-corrected chi connectivity index (χ3v) is 5.01. The van der Waals surface area contributed by atoms with E-state index >= 15 is 0 Å². The maximum Gasteiger partial charge on any atom is 0.307 e. The number of carboxylic acid groups (broad SMARTS) is 1. The zero-order valence-electron chi connectivity index (χ0n) is 9.59. The molecule has 0 aliphatic carbocycles. The lowest BCUT2D eigenvalue weighted by Crippen LogP contribution is -2.42. The van der Waals surface area contributed by atoms with E-state index in [2.05, 4.69) is 0 Å². The summed E-state index contributed by atoms with van der Waals surface area (Å²) in [5.41, 5.74) is 0. The van der Waals surface area contributed by atoms with Crippen LogP contribution in [0, 0.1) is 5.92 Å². The van der Waals surface area contributed by atoms with Gasteiger partial charge in [-0.05, 0) is 6.42 Å². The van der Waals surface area contributed by atoms with Gasteiger partial charge in [0.15, 0.2) is 0 Å². The molecule has 0 aromatic heterocycles. The van der Waals surface area contributed by atoms with Gasteiger partial charge in [0.1, 0.15) is 0 Å². The van der Waals surface area contributed by atoms with E-state index in [1.54, 1.807) is 13.8 Å². The van der Waals surface area contributed by atoms with Crippen LogP contribution in [0.1, 0.15) is 20.3 Å². The minimum absolute atomic E-state index is 0.0914. The molecule has 0 saturated carbocycles. The summed E-state index contributed by atoms with van der Waals surface area (Å²) in [4.78, 5) is 10.7. The van der Waals surface area contributed by atoms with Gasteiger partial charge in [-0.2, -0.15) is 17.0 Å². The Balaban J connectivity index is 2.76. The first-order valence-electron chi connectivity index (χ1n) is 5.41. The molecule has 7 heteroatoms. The van der Waals surface area contributed by atoms with Crippen molar-refractivity contribution < 1.29 is 18.3 Å². The number of nitrogens with zero attached hydrogens (tertiary/aromatic N) is 2. The predicted octanol–water partition coefficient (Wildman–Crippen LogP) is -0.0205. The molecule has 1 atom stereocenters. The molecule has 0 aromatic rings. The lowest BCUT2D eigenvalue weighted by molar-refractivity contribution is -0.141. The van der Waals surface area contributed by atoms with Crippen LogP contribution < -0.4 is 0 Å². The van der Waals surface area contributed by atoms with Crippen LogP contribution >= 0.6 is 0 Å². The van der Waals surface area contributed by atoms with Gasteiger partial charge in [-0.15, -0.1) is 0 Å². The molecular weight excluding hydrogens is 232 g/mol. The van der Waals surface area contributed by atoms with Crippen molar-refractivity contribution in [2.45, 2.75) is 20.3 Å². The van der Waals surface area contributed by atoms with Gasteiger partial charge in [0, 0.05) is 26.2 Å². The molecule has 1 aliphatic rings. The van der Waals surface area contributed by atoms with Gasteiger partial charge in [-0.25, -0.2) is 0 Å². The highest BCUT2D eigenvalue weighted by Gasteiger charge is 2.37. The number of rotatable bonds is 5. The Morgan fingerprint density at radius 2 is 2.00 bits per heavy atom. The molecule has 0 bridgehead atoms. The minimum atomic E-state index is -3.46. The Morgan fingerprint density at radius 1 is 1.44 bits per heavy atom. The van der Waals surface area contributed by atoms with Gasteiger partial charge in [-0.3, -0.25) is 4.79 Å². The summed E-state index contributed by atoms with van der Waals surface area (Å²) in [7, 11) is -3.46. The van der Waals surface area contributed by atoms with Gasteiger partial charge in [-0.1, -0.05) is 13.8 Å². The molecule has 0 amide bonds. The van der Waals surface area contributed by atoms with Crippen LogP contribution in [0.3, 0.4) is 0 Å². The summed E-state index contributed by atoms with van der Waals surface area (Å²) in [6.45, 7) is 4.75. The highest BCUT2D eigenvalue weighted by molar-refractivity contribution is 7.86. The highest BCUT2D eigenvalue weighted by Crippen LogP contribution is 2.21. The predicted molar refractivity (Wildman–Crippen MR) is 59.2 cm³/mol. The van der Waals surface area contributed by atoms with Crippen molar-refractivity contribution in [3.05, 3.63) is 0 Å². The zero-order valence-corrected chi connectivity index (χ0v) is 10.4. The van der Waals surface area contributed by atoms with Crippen LogP contribution in [0.5, 0.6) is 0 Å². The topological polar surface area (TPSA) is 77.9 Å². The molecule has 0 radical (unpaired) electrons. The summed E-state index contributed by atoms with van der Waals surface area (Å²) in [5.74, 6) is -1.48. The molecular formula is C9H18N2O4S. The van der Waals surface area contributed by atoms with Crippen molar-refractivity contribution in [2.24, 2.45) is 5.92 Å². The Labute approximate surface area is 96.0 Å². The van der Waals surface area contributed by atoms with E-state index in [0.717, 1.165) is 0 Å². The quantitative estimate of drug-likeness (QED) is 0.744. The minimum Gasteiger partial charge on any atom is -0.481 e. The summed E-state index contributed by atoms with van der Waals surface area (Å²) in [6, 6.07) is 0. The summed E-state index contributed by atoms with van der Waals surface area (Å²) < 4.78 is 26.7. The van der Waals surface area contributed by atoms with Crippen LogP contribution in [0.4, 0.5) is 0 Å². The fourth-order valence-electron chi connectivity index (χ4n) is 1.85. The lowest BCUT2D eigenvalue weighted by Gasteiger charge is -2.24. The summed E-state index contributed by atoms with van der Waals surface area (Å²) in [5, 5.41) is 8.81. The molecule has 16 heavy (non-hydrogen) atoms. The van der Waals surface area contributed by atoms with Crippen molar-refractivity contribution in [3.63, 3.8) is 0 Å². The van der Waals surface area contributed by atoms with Gasteiger partial charge >= 0.3 is 5.97 Å². The normalized spacial score (nSPS) is 22.8. The number of hydrogen-bond donors (Lipinski definition) is 1. The monoisotopic (exact) mass is 250 g/mol. The Morgan fingerprint density at radius 3 is 2.38 bits per heavy atom. The smallest absolute Gasteiger partial charge is 0.307 e. The van der Waals surface area contributed by atoms with Crippen LogP contribution in [0.15, 0.2) is 0 Å². The van der Waals surface area contributed by atoms with E-state index < -0.39 is 22.1 Å². The van der Waals surface area contributed by atoms with Gasteiger partial charge < -0.3 is 5.11 Å². The van der Waals surface area contributed by atoms with E-state index in [1.807, 2.05) is 0 Å². The molecule has 94 valence electrons.